The molecule has 0 bridgehead atoms. The highest BCUT2D eigenvalue weighted by Crippen LogP contribution is 2.18. The van der Waals surface area contributed by atoms with Crippen LogP contribution in [0.25, 0.3) is 11.4 Å². The number of ether oxygens (including phenoxy) is 1. The number of amides is 1. The minimum atomic E-state index is -0.111. The van der Waals surface area contributed by atoms with Crippen molar-refractivity contribution in [3.05, 3.63) is 78.1 Å². The molecule has 0 fully saturated rings. The van der Waals surface area contributed by atoms with Crippen LogP contribution in [-0.2, 0) is 22.7 Å². The Balaban J connectivity index is 1.46. The molecule has 1 amide bonds. The summed E-state index contributed by atoms with van der Waals surface area (Å²) in [5.74, 6) is 0.803. The van der Waals surface area contributed by atoms with Gasteiger partial charge in [0.1, 0.15) is 12.4 Å². The number of nitrogens with one attached hydrogen (secondary N) is 1. The minimum absolute atomic E-state index is 0.0589. The van der Waals surface area contributed by atoms with Crippen molar-refractivity contribution >= 4 is 5.91 Å². The molecular formula is C21H23N3O2. The predicted octanol–water partition coefficient (Wildman–Crippen LogP) is 3.19. The average Bonchev–Trinajstić information content (AvgIpc) is 3.04. The number of imidazole rings is 1. The smallest absolute Gasteiger partial charge is 0.246 e. The molecule has 5 heteroatoms. The standard InChI is InChI=1S/C21H23N3O2/c1-17-14-23-21(19-10-6-3-7-11-19)24(17)13-12-22-20(25)16-26-15-18-8-4-2-5-9-18/h2-11,14H,12-13,15-16H2,1H3,(H,22,25). The van der Waals surface area contributed by atoms with Crippen LogP contribution in [0.1, 0.15) is 11.3 Å². The quantitative estimate of drug-likeness (QED) is 0.679. The summed E-state index contributed by atoms with van der Waals surface area (Å²) in [5.41, 5.74) is 3.19. The second-order valence-electron chi connectivity index (χ2n) is 6.07. The lowest BCUT2D eigenvalue weighted by Crippen LogP contribution is -2.30. The molecule has 0 radical (unpaired) electrons. The first kappa shape index (κ1) is 17.9. The SMILES string of the molecule is Cc1cnc(-c2ccccc2)n1CCNC(=O)COCc1ccccc1. The first-order chi connectivity index (χ1) is 12.7. The van der Waals surface area contributed by atoms with E-state index >= 15 is 0 Å². The van der Waals surface area contributed by atoms with E-state index in [0.717, 1.165) is 22.6 Å². The number of nitrogens with zero attached hydrogens (tertiary/aromatic N) is 2. The number of rotatable bonds is 8. The zero-order chi connectivity index (χ0) is 18.2. The van der Waals surface area contributed by atoms with Gasteiger partial charge in [-0.3, -0.25) is 4.79 Å². The molecule has 1 N–H and O–H groups in total. The Hall–Kier alpha value is -2.92. The molecule has 0 atom stereocenters. The van der Waals surface area contributed by atoms with Gasteiger partial charge in [-0.25, -0.2) is 4.98 Å². The van der Waals surface area contributed by atoms with Crippen molar-refractivity contribution in [3.8, 4) is 11.4 Å². The first-order valence-electron chi connectivity index (χ1n) is 8.70. The lowest BCUT2D eigenvalue weighted by Gasteiger charge is -2.11. The van der Waals surface area contributed by atoms with Crippen molar-refractivity contribution in [2.24, 2.45) is 0 Å². The Kier molecular flexibility index (Phi) is 6.17. The fourth-order valence-electron chi connectivity index (χ4n) is 2.75. The molecule has 1 aromatic heterocycles. The monoisotopic (exact) mass is 349 g/mol. The van der Waals surface area contributed by atoms with Crippen LogP contribution in [0.4, 0.5) is 0 Å². The summed E-state index contributed by atoms with van der Waals surface area (Å²) in [6, 6.07) is 19.9. The maximum atomic E-state index is 11.9. The van der Waals surface area contributed by atoms with Gasteiger partial charge >= 0.3 is 0 Å². The Morgan fingerprint density at radius 3 is 2.50 bits per heavy atom. The molecule has 0 spiro atoms. The Labute approximate surface area is 153 Å². The summed E-state index contributed by atoms with van der Waals surface area (Å²) in [6.45, 7) is 3.71. The summed E-state index contributed by atoms with van der Waals surface area (Å²) in [4.78, 5) is 16.4. The van der Waals surface area contributed by atoms with E-state index in [0.29, 0.717) is 19.7 Å². The van der Waals surface area contributed by atoms with E-state index in [1.807, 2.05) is 73.8 Å². The van der Waals surface area contributed by atoms with Crippen LogP contribution in [0, 0.1) is 6.92 Å². The van der Waals surface area contributed by atoms with Gasteiger partial charge in [-0.15, -0.1) is 0 Å². The number of aryl methyl sites for hydroxylation is 1. The third-order valence-electron chi connectivity index (χ3n) is 4.09. The molecule has 3 aromatic rings. The molecule has 0 unspecified atom stereocenters. The third kappa shape index (κ3) is 4.80. The van der Waals surface area contributed by atoms with Gasteiger partial charge in [0.15, 0.2) is 0 Å². The Bertz CT molecular complexity index is 829. The van der Waals surface area contributed by atoms with Crippen LogP contribution < -0.4 is 5.32 Å². The van der Waals surface area contributed by atoms with Crippen molar-refractivity contribution in [2.45, 2.75) is 20.1 Å². The van der Waals surface area contributed by atoms with Crippen molar-refractivity contribution in [1.29, 1.82) is 0 Å². The minimum Gasteiger partial charge on any atom is -0.367 e. The molecule has 26 heavy (non-hydrogen) atoms. The summed E-state index contributed by atoms with van der Waals surface area (Å²) in [5, 5.41) is 2.90. The van der Waals surface area contributed by atoms with E-state index in [1.54, 1.807) is 0 Å². The van der Waals surface area contributed by atoms with Crippen LogP contribution in [0.5, 0.6) is 0 Å². The van der Waals surface area contributed by atoms with Gasteiger partial charge in [-0.05, 0) is 12.5 Å². The van der Waals surface area contributed by atoms with Crippen molar-refractivity contribution in [2.75, 3.05) is 13.2 Å². The van der Waals surface area contributed by atoms with E-state index in [9.17, 15) is 4.79 Å². The maximum Gasteiger partial charge on any atom is 0.246 e. The topological polar surface area (TPSA) is 56.2 Å². The van der Waals surface area contributed by atoms with E-state index in [4.69, 9.17) is 4.74 Å². The average molecular weight is 349 g/mol. The van der Waals surface area contributed by atoms with Gasteiger partial charge in [0, 0.05) is 30.5 Å². The summed E-state index contributed by atoms with van der Waals surface area (Å²) < 4.78 is 7.57. The third-order valence-corrected chi connectivity index (χ3v) is 4.09. The lowest BCUT2D eigenvalue weighted by atomic mass is 10.2. The molecule has 0 aliphatic heterocycles. The second-order valence-corrected chi connectivity index (χ2v) is 6.07. The molecule has 2 aromatic carbocycles. The Morgan fingerprint density at radius 1 is 1.08 bits per heavy atom. The number of hydrogen-bond acceptors (Lipinski definition) is 3. The highest BCUT2D eigenvalue weighted by Gasteiger charge is 2.09. The molecule has 0 aliphatic carbocycles. The highest BCUT2D eigenvalue weighted by atomic mass is 16.5. The lowest BCUT2D eigenvalue weighted by molar-refractivity contribution is -0.126. The fraction of sp³-hybridized carbons (Fsp3) is 0.238. The first-order valence-corrected chi connectivity index (χ1v) is 8.70. The summed E-state index contributed by atoms with van der Waals surface area (Å²) >= 11 is 0. The maximum absolute atomic E-state index is 11.9. The summed E-state index contributed by atoms with van der Waals surface area (Å²) in [7, 11) is 0. The van der Waals surface area contributed by atoms with Crippen LogP contribution in [0.15, 0.2) is 66.9 Å². The molecule has 0 saturated heterocycles. The van der Waals surface area contributed by atoms with E-state index in [2.05, 4.69) is 14.9 Å². The van der Waals surface area contributed by atoms with E-state index in [1.165, 1.54) is 0 Å². The van der Waals surface area contributed by atoms with Crippen molar-refractivity contribution < 1.29 is 9.53 Å². The van der Waals surface area contributed by atoms with Crippen LogP contribution >= 0.6 is 0 Å². The molecule has 0 saturated carbocycles. The molecule has 1 heterocycles. The number of carbonyl (C=O) groups excluding carboxylic acids is 1. The molecule has 134 valence electrons. The van der Waals surface area contributed by atoms with E-state index in [-0.39, 0.29) is 12.5 Å². The molecular weight excluding hydrogens is 326 g/mol. The summed E-state index contributed by atoms with van der Waals surface area (Å²) in [6.07, 6.45) is 1.85. The van der Waals surface area contributed by atoms with Crippen LogP contribution in [-0.4, -0.2) is 28.6 Å². The normalized spacial score (nSPS) is 10.7. The molecule has 0 aliphatic rings. The molecule has 3 rings (SSSR count). The zero-order valence-corrected chi connectivity index (χ0v) is 14.9. The van der Waals surface area contributed by atoms with Gasteiger partial charge in [0.25, 0.3) is 0 Å². The van der Waals surface area contributed by atoms with E-state index < -0.39 is 0 Å². The van der Waals surface area contributed by atoms with Gasteiger partial charge in [0.05, 0.1) is 6.61 Å². The number of hydrogen-bond donors (Lipinski definition) is 1. The zero-order valence-electron chi connectivity index (χ0n) is 14.9. The number of benzene rings is 2. The van der Waals surface area contributed by atoms with Crippen LogP contribution in [0.3, 0.4) is 0 Å². The predicted molar refractivity (Wildman–Crippen MR) is 102 cm³/mol. The fourth-order valence-corrected chi connectivity index (χ4v) is 2.75. The van der Waals surface area contributed by atoms with Crippen LogP contribution in [0.2, 0.25) is 0 Å². The van der Waals surface area contributed by atoms with Gasteiger partial charge in [-0.2, -0.15) is 0 Å². The Morgan fingerprint density at radius 2 is 1.77 bits per heavy atom. The van der Waals surface area contributed by atoms with Crippen molar-refractivity contribution in [1.82, 2.24) is 14.9 Å². The molecule has 5 nitrogen and oxygen atoms in total. The van der Waals surface area contributed by atoms with Crippen molar-refractivity contribution in [3.63, 3.8) is 0 Å². The number of carbonyl (C=O) groups is 1. The highest BCUT2D eigenvalue weighted by molar-refractivity contribution is 5.77. The van der Waals surface area contributed by atoms with Gasteiger partial charge in [-0.1, -0.05) is 60.7 Å². The second kappa shape index (κ2) is 8.97. The largest absolute Gasteiger partial charge is 0.367 e. The van der Waals surface area contributed by atoms with Gasteiger partial charge in [0.2, 0.25) is 5.91 Å². The van der Waals surface area contributed by atoms with Gasteiger partial charge < -0.3 is 14.6 Å². The number of aromatic nitrogens is 2.